The van der Waals surface area contributed by atoms with Crippen molar-refractivity contribution in [1.29, 1.82) is 0 Å². The van der Waals surface area contributed by atoms with Gasteiger partial charge in [-0.3, -0.25) is 4.79 Å². The highest BCUT2D eigenvalue weighted by Crippen LogP contribution is 2.22. The number of likely N-dealkylation sites (tertiary alicyclic amines) is 1. The van der Waals surface area contributed by atoms with Crippen LogP contribution >= 0.6 is 0 Å². The number of hydrogen-bond acceptors (Lipinski definition) is 6. The van der Waals surface area contributed by atoms with Crippen molar-refractivity contribution in [3.05, 3.63) is 35.9 Å². The molecule has 0 aliphatic carbocycles. The van der Waals surface area contributed by atoms with Crippen LogP contribution < -0.4 is 10.6 Å². The van der Waals surface area contributed by atoms with Gasteiger partial charge in [-0.25, -0.2) is 14.4 Å². The molecule has 1 aliphatic rings. The van der Waals surface area contributed by atoms with E-state index in [1.54, 1.807) is 0 Å². The first-order valence-electron chi connectivity index (χ1n) is 11.8. The van der Waals surface area contributed by atoms with Crippen molar-refractivity contribution < 1.29 is 28.7 Å². The number of hydrogen-bond donors (Lipinski definition) is 2. The Morgan fingerprint density at radius 2 is 1.74 bits per heavy atom. The van der Waals surface area contributed by atoms with Crippen molar-refractivity contribution in [3.8, 4) is 0 Å². The van der Waals surface area contributed by atoms with Crippen LogP contribution in [0.2, 0.25) is 0 Å². The molecule has 0 radical (unpaired) electrons. The van der Waals surface area contributed by atoms with Gasteiger partial charge in [0.1, 0.15) is 24.7 Å². The number of nitrogens with zero attached hydrogens (tertiary/aromatic N) is 1. The number of methoxy groups -OCH3 is 1. The normalized spacial score (nSPS) is 17.3. The van der Waals surface area contributed by atoms with E-state index < -0.39 is 36.1 Å². The van der Waals surface area contributed by atoms with Gasteiger partial charge in [-0.15, -0.1) is 0 Å². The molecule has 1 heterocycles. The second-order valence-electron chi connectivity index (χ2n) is 9.33. The SMILES string of the molecule is COC(=O)C(CC(C)C)NC(=O)N[C@H](C(=O)N1CCC[C@H]1C(=O)OCc1ccccc1)C(C)C. The van der Waals surface area contributed by atoms with Crippen molar-refractivity contribution in [2.75, 3.05) is 13.7 Å². The van der Waals surface area contributed by atoms with Crippen molar-refractivity contribution in [2.24, 2.45) is 11.8 Å². The zero-order valence-electron chi connectivity index (χ0n) is 20.7. The van der Waals surface area contributed by atoms with Gasteiger partial charge in [0.05, 0.1) is 7.11 Å². The Bertz CT molecular complexity index is 842. The second-order valence-corrected chi connectivity index (χ2v) is 9.33. The number of carbonyl (C=O) groups excluding carboxylic acids is 4. The van der Waals surface area contributed by atoms with Crippen molar-refractivity contribution in [3.63, 3.8) is 0 Å². The van der Waals surface area contributed by atoms with E-state index in [4.69, 9.17) is 9.47 Å². The molecule has 1 aromatic carbocycles. The van der Waals surface area contributed by atoms with Crippen LogP contribution in [0.3, 0.4) is 0 Å². The average Bonchev–Trinajstić information content (AvgIpc) is 3.30. The summed E-state index contributed by atoms with van der Waals surface area (Å²) in [5, 5.41) is 5.31. The first kappa shape index (κ1) is 27.1. The van der Waals surface area contributed by atoms with Gasteiger partial charge in [-0.1, -0.05) is 58.0 Å². The molecule has 3 atom stereocenters. The van der Waals surface area contributed by atoms with Gasteiger partial charge in [0.15, 0.2) is 0 Å². The lowest BCUT2D eigenvalue weighted by atomic mass is 10.0. The number of ether oxygens (including phenoxy) is 2. The monoisotopic (exact) mass is 475 g/mol. The summed E-state index contributed by atoms with van der Waals surface area (Å²) in [6.07, 6.45) is 1.59. The van der Waals surface area contributed by atoms with Gasteiger partial charge in [-0.05, 0) is 36.7 Å². The average molecular weight is 476 g/mol. The Morgan fingerprint density at radius 3 is 2.32 bits per heavy atom. The summed E-state index contributed by atoms with van der Waals surface area (Å²) in [6.45, 7) is 8.04. The third kappa shape index (κ3) is 7.74. The molecule has 0 spiro atoms. The van der Waals surface area contributed by atoms with Crippen molar-refractivity contribution in [1.82, 2.24) is 15.5 Å². The molecule has 188 valence electrons. The van der Waals surface area contributed by atoms with Crippen LogP contribution in [0.5, 0.6) is 0 Å². The molecule has 9 heteroatoms. The lowest BCUT2D eigenvalue weighted by Gasteiger charge is -2.30. The van der Waals surface area contributed by atoms with E-state index in [2.05, 4.69) is 10.6 Å². The predicted octanol–water partition coefficient (Wildman–Crippen LogP) is 2.63. The van der Waals surface area contributed by atoms with Crippen LogP contribution in [0.4, 0.5) is 4.79 Å². The van der Waals surface area contributed by atoms with E-state index in [0.29, 0.717) is 25.8 Å². The Kier molecular flexibility index (Phi) is 10.3. The van der Waals surface area contributed by atoms with Crippen molar-refractivity contribution >= 4 is 23.9 Å². The summed E-state index contributed by atoms with van der Waals surface area (Å²) in [6, 6.07) is 6.34. The van der Waals surface area contributed by atoms with Gasteiger partial charge < -0.3 is 25.0 Å². The number of amides is 3. The Balaban J connectivity index is 2.03. The number of nitrogens with one attached hydrogen (secondary N) is 2. The molecular formula is C25H37N3O6. The maximum absolute atomic E-state index is 13.3. The topological polar surface area (TPSA) is 114 Å². The zero-order chi connectivity index (χ0) is 25.3. The number of esters is 2. The molecule has 0 saturated carbocycles. The number of urea groups is 1. The van der Waals surface area contributed by atoms with Crippen LogP contribution in [0.25, 0.3) is 0 Å². The summed E-state index contributed by atoms with van der Waals surface area (Å²) in [5.41, 5.74) is 0.867. The van der Waals surface area contributed by atoms with Crippen LogP contribution in [-0.2, 0) is 30.5 Å². The smallest absolute Gasteiger partial charge is 0.329 e. The molecule has 1 fully saturated rings. The lowest BCUT2D eigenvalue weighted by Crippen LogP contribution is -2.57. The minimum atomic E-state index is -0.861. The third-order valence-electron chi connectivity index (χ3n) is 5.75. The molecule has 3 amide bonds. The van der Waals surface area contributed by atoms with Gasteiger partial charge >= 0.3 is 18.0 Å². The molecule has 1 unspecified atom stereocenters. The van der Waals surface area contributed by atoms with E-state index in [9.17, 15) is 19.2 Å². The Labute approximate surface area is 201 Å². The fraction of sp³-hybridized carbons (Fsp3) is 0.600. The van der Waals surface area contributed by atoms with Crippen LogP contribution in [-0.4, -0.2) is 60.6 Å². The lowest BCUT2D eigenvalue weighted by molar-refractivity contribution is -0.155. The molecule has 9 nitrogen and oxygen atoms in total. The largest absolute Gasteiger partial charge is 0.467 e. The molecule has 0 bridgehead atoms. The quantitative estimate of drug-likeness (QED) is 0.503. The molecule has 1 saturated heterocycles. The Morgan fingerprint density at radius 1 is 1.06 bits per heavy atom. The van der Waals surface area contributed by atoms with Gasteiger partial charge in [-0.2, -0.15) is 0 Å². The van der Waals surface area contributed by atoms with Crippen LogP contribution in [0, 0.1) is 11.8 Å². The maximum Gasteiger partial charge on any atom is 0.329 e. The van der Waals surface area contributed by atoms with E-state index in [-0.39, 0.29) is 24.3 Å². The van der Waals surface area contributed by atoms with Gasteiger partial charge in [0.25, 0.3) is 0 Å². The molecule has 1 aromatic rings. The first-order valence-corrected chi connectivity index (χ1v) is 11.8. The standard InChI is InChI=1S/C25H37N3O6/c1-16(2)14-19(23(30)33-5)26-25(32)27-21(17(3)4)22(29)28-13-9-12-20(28)24(31)34-15-18-10-7-6-8-11-18/h6-8,10-11,16-17,19-21H,9,12-15H2,1-5H3,(H2,26,27,32)/t19?,20-,21-/m0/s1. The Hall–Kier alpha value is -3.10. The second kappa shape index (κ2) is 13.0. The van der Waals surface area contributed by atoms with Gasteiger partial charge in [0.2, 0.25) is 5.91 Å². The molecule has 34 heavy (non-hydrogen) atoms. The van der Waals surface area contributed by atoms with E-state index in [0.717, 1.165) is 5.56 Å². The number of benzene rings is 1. The molecule has 2 rings (SSSR count). The maximum atomic E-state index is 13.3. The molecule has 2 N–H and O–H groups in total. The van der Waals surface area contributed by atoms with Crippen LogP contribution in [0.1, 0.15) is 52.5 Å². The third-order valence-corrected chi connectivity index (χ3v) is 5.75. The van der Waals surface area contributed by atoms with Crippen LogP contribution in [0.15, 0.2) is 30.3 Å². The predicted molar refractivity (Wildman–Crippen MR) is 127 cm³/mol. The summed E-state index contributed by atoms with van der Waals surface area (Å²) >= 11 is 0. The number of carbonyl (C=O) groups is 4. The summed E-state index contributed by atoms with van der Waals surface area (Å²) in [5.74, 6) is -1.43. The van der Waals surface area contributed by atoms with E-state index in [1.165, 1.54) is 12.0 Å². The zero-order valence-corrected chi connectivity index (χ0v) is 20.7. The minimum absolute atomic E-state index is 0.136. The van der Waals surface area contributed by atoms with E-state index in [1.807, 2.05) is 58.0 Å². The molecule has 1 aliphatic heterocycles. The van der Waals surface area contributed by atoms with Gasteiger partial charge in [0, 0.05) is 6.54 Å². The summed E-state index contributed by atoms with van der Waals surface area (Å²) in [7, 11) is 1.26. The fourth-order valence-corrected chi connectivity index (χ4v) is 3.96. The van der Waals surface area contributed by atoms with Crippen molar-refractivity contribution in [2.45, 2.75) is 71.7 Å². The summed E-state index contributed by atoms with van der Waals surface area (Å²) < 4.78 is 10.2. The van der Waals surface area contributed by atoms with E-state index >= 15 is 0 Å². The molecular weight excluding hydrogens is 438 g/mol. The fourth-order valence-electron chi connectivity index (χ4n) is 3.96. The summed E-state index contributed by atoms with van der Waals surface area (Å²) in [4.78, 5) is 52.3. The first-order chi connectivity index (χ1) is 16.1. The molecule has 0 aromatic heterocycles. The minimum Gasteiger partial charge on any atom is -0.467 e. The highest BCUT2D eigenvalue weighted by molar-refractivity contribution is 5.92. The highest BCUT2D eigenvalue weighted by Gasteiger charge is 2.39. The highest BCUT2D eigenvalue weighted by atomic mass is 16.5. The number of rotatable bonds is 10.